The molecule has 6 heteroatoms. The minimum absolute atomic E-state index is 0.144. The van der Waals surface area contributed by atoms with Crippen molar-refractivity contribution in [3.05, 3.63) is 66.4 Å². The van der Waals surface area contributed by atoms with Gasteiger partial charge in [-0.2, -0.15) is 0 Å². The summed E-state index contributed by atoms with van der Waals surface area (Å²) in [6.07, 6.45) is 1.57. The quantitative estimate of drug-likeness (QED) is 0.769. The molecule has 0 unspecified atom stereocenters. The van der Waals surface area contributed by atoms with Gasteiger partial charge in [-0.15, -0.1) is 0 Å². The Hall–Kier alpha value is -3.15. The zero-order valence-corrected chi connectivity index (χ0v) is 13.0. The molecule has 1 aromatic heterocycles. The van der Waals surface area contributed by atoms with Crippen LogP contribution >= 0.6 is 0 Å². The van der Waals surface area contributed by atoms with Gasteiger partial charge in [-0.3, -0.25) is 4.79 Å². The van der Waals surface area contributed by atoms with Crippen LogP contribution in [0.15, 0.2) is 59.1 Å². The number of anilines is 1. The molecule has 1 N–H and O–H groups in total. The second kappa shape index (κ2) is 6.95. The van der Waals surface area contributed by atoms with Crippen LogP contribution in [0.2, 0.25) is 0 Å². The summed E-state index contributed by atoms with van der Waals surface area (Å²) in [5.41, 5.74) is 1.39. The van der Waals surface area contributed by atoms with E-state index in [-0.39, 0.29) is 18.3 Å². The number of aromatic nitrogens is 1. The van der Waals surface area contributed by atoms with Crippen molar-refractivity contribution in [3.63, 3.8) is 0 Å². The van der Waals surface area contributed by atoms with Crippen LogP contribution in [0.5, 0.6) is 5.75 Å². The molecule has 0 aliphatic carbocycles. The average Bonchev–Trinajstić information content (AvgIpc) is 3.02. The smallest absolute Gasteiger partial charge is 0.232 e. The fraction of sp³-hybridized carbons (Fsp3) is 0.111. The molecular weight excluding hydrogens is 311 g/mol. The molecule has 5 nitrogen and oxygen atoms in total. The molecule has 3 rings (SSSR count). The zero-order valence-electron chi connectivity index (χ0n) is 13.0. The Kier molecular flexibility index (Phi) is 4.56. The van der Waals surface area contributed by atoms with Gasteiger partial charge in [-0.1, -0.05) is 6.07 Å². The van der Waals surface area contributed by atoms with Crippen molar-refractivity contribution in [2.45, 2.75) is 13.5 Å². The van der Waals surface area contributed by atoms with Crippen LogP contribution < -0.4 is 10.1 Å². The van der Waals surface area contributed by atoms with Crippen molar-refractivity contribution < 1.29 is 18.3 Å². The van der Waals surface area contributed by atoms with Crippen molar-refractivity contribution >= 4 is 11.6 Å². The van der Waals surface area contributed by atoms with E-state index in [9.17, 15) is 9.18 Å². The van der Waals surface area contributed by atoms with Gasteiger partial charge < -0.3 is 14.5 Å². The molecule has 122 valence electrons. The lowest BCUT2D eigenvalue weighted by Crippen LogP contribution is -2.05. The highest BCUT2D eigenvalue weighted by Gasteiger charge is 2.08. The number of hydrogen-bond acceptors (Lipinski definition) is 4. The number of rotatable bonds is 5. The second-order valence-corrected chi connectivity index (χ2v) is 5.12. The summed E-state index contributed by atoms with van der Waals surface area (Å²) in [4.78, 5) is 15.2. The van der Waals surface area contributed by atoms with Crippen LogP contribution in [0.4, 0.5) is 10.1 Å². The largest absolute Gasteiger partial charge is 0.484 e. The number of nitrogens with zero attached hydrogens (tertiary/aromatic N) is 1. The number of nitrogens with one attached hydrogen (secondary N) is 1. The minimum atomic E-state index is -0.305. The van der Waals surface area contributed by atoms with Crippen molar-refractivity contribution in [3.8, 4) is 17.1 Å². The first-order chi connectivity index (χ1) is 11.6. The van der Waals surface area contributed by atoms with Crippen molar-refractivity contribution in [1.29, 1.82) is 0 Å². The summed E-state index contributed by atoms with van der Waals surface area (Å²) < 4.78 is 24.1. The molecule has 0 fully saturated rings. The number of hydrogen-bond donors (Lipinski definition) is 1. The maximum absolute atomic E-state index is 12.9. The van der Waals surface area contributed by atoms with Gasteiger partial charge in [0.2, 0.25) is 11.8 Å². The molecular formula is C18H15FN2O3. The zero-order chi connectivity index (χ0) is 16.9. The molecule has 24 heavy (non-hydrogen) atoms. The van der Waals surface area contributed by atoms with Gasteiger partial charge >= 0.3 is 0 Å². The lowest BCUT2D eigenvalue weighted by molar-refractivity contribution is -0.114. The number of halogens is 1. The molecule has 0 spiro atoms. The van der Waals surface area contributed by atoms with E-state index in [2.05, 4.69) is 10.3 Å². The van der Waals surface area contributed by atoms with Gasteiger partial charge in [-0.25, -0.2) is 9.37 Å². The number of ether oxygens (including phenoxy) is 1. The van der Waals surface area contributed by atoms with Crippen molar-refractivity contribution in [2.24, 2.45) is 0 Å². The van der Waals surface area contributed by atoms with Gasteiger partial charge in [0.15, 0.2) is 12.4 Å². The summed E-state index contributed by atoms with van der Waals surface area (Å²) in [7, 11) is 0. The van der Waals surface area contributed by atoms with Crippen LogP contribution in [-0.4, -0.2) is 10.9 Å². The highest BCUT2D eigenvalue weighted by atomic mass is 19.1. The molecule has 0 atom stereocenters. The number of oxazole rings is 1. The van der Waals surface area contributed by atoms with E-state index in [0.29, 0.717) is 23.1 Å². The van der Waals surface area contributed by atoms with Crippen molar-refractivity contribution in [1.82, 2.24) is 4.98 Å². The first-order valence-electron chi connectivity index (χ1n) is 7.31. The monoisotopic (exact) mass is 326 g/mol. The summed E-state index contributed by atoms with van der Waals surface area (Å²) in [6.45, 7) is 1.59. The molecule has 0 radical (unpaired) electrons. The third-order valence-electron chi connectivity index (χ3n) is 3.20. The van der Waals surface area contributed by atoms with Crippen LogP contribution in [0, 0.1) is 5.82 Å². The van der Waals surface area contributed by atoms with Crippen LogP contribution in [0.3, 0.4) is 0 Å². The third kappa shape index (κ3) is 3.98. The lowest BCUT2D eigenvalue weighted by Gasteiger charge is -2.06. The van der Waals surface area contributed by atoms with Crippen LogP contribution in [0.1, 0.15) is 12.8 Å². The van der Waals surface area contributed by atoms with E-state index in [4.69, 9.17) is 9.15 Å². The van der Waals surface area contributed by atoms with E-state index in [1.807, 2.05) is 0 Å². The molecule has 1 amide bonds. The van der Waals surface area contributed by atoms with Crippen molar-refractivity contribution in [2.75, 3.05) is 5.32 Å². The Morgan fingerprint density at radius 1 is 1.25 bits per heavy atom. The molecule has 0 aliphatic rings. The van der Waals surface area contributed by atoms with E-state index >= 15 is 0 Å². The normalized spacial score (nSPS) is 10.4. The summed E-state index contributed by atoms with van der Waals surface area (Å²) in [5, 5.41) is 2.68. The fourth-order valence-electron chi connectivity index (χ4n) is 2.14. The molecule has 1 heterocycles. The molecule has 0 saturated heterocycles. The van der Waals surface area contributed by atoms with Crippen LogP contribution in [0.25, 0.3) is 11.3 Å². The highest BCUT2D eigenvalue weighted by Crippen LogP contribution is 2.22. The Morgan fingerprint density at radius 3 is 2.79 bits per heavy atom. The number of benzene rings is 2. The first kappa shape index (κ1) is 15.7. The SMILES string of the molecule is CC(=O)Nc1cccc(OCc2ncc(-c3ccc(F)cc3)o2)c1. The maximum Gasteiger partial charge on any atom is 0.232 e. The first-order valence-corrected chi connectivity index (χ1v) is 7.31. The van der Waals surface area contributed by atoms with Gasteiger partial charge in [0.05, 0.1) is 6.20 Å². The number of amides is 1. The predicted molar refractivity (Wildman–Crippen MR) is 87.0 cm³/mol. The standard InChI is InChI=1S/C18H15FN2O3/c1-12(22)21-15-3-2-4-16(9-15)23-11-18-20-10-17(24-18)13-5-7-14(19)8-6-13/h2-10H,11H2,1H3,(H,21,22). The predicted octanol–water partition coefficient (Wildman–Crippen LogP) is 4.02. The van der Waals surface area contributed by atoms with Gasteiger partial charge in [-0.05, 0) is 36.4 Å². The minimum Gasteiger partial charge on any atom is -0.484 e. The summed E-state index contributed by atoms with van der Waals surface area (Å²) >= 11 is 0. The number of carbonyl (C=O) groups is 1. The molecule has 0 aliphatic heterocycles. The van der Waals surface area contributed by atoms with E-state index < -0.39 is 0 Å². The summed E-state index contributed by atoms with van der Waals surface area (Å²) in [5.74, 6) is 1.08. The fourth-order valence-corrected chi connectivity index (χ4v) is 2.14. The lowest BCUT2D eigenvalue weighted by atomic mass is 10.2. The molecule has 0 saturated carbocycles. The second-order valence-electron chi connectivity index (χ2n) is 5.12. The highest BCUT2D eigenvalue weighted by molar-refractivity contribution is 5.88. The summed E-state index contributed by atoms with van der Waals surface area (Å²) in [6, 6.07) is 13.0. The number of carbonyl (C=O) groups excluding carboxylic acids is 1. The van der Waals surface area contributed by atoms with Gasteiger partial charge in [0.25, 0.3) is 0 Å². The molecule has 2 aromatic carbocycles. The van der Waals surface area contributed by atoms with Gasteiger partial charge in [0.1, 0.15) is 11.6 Å². The topological polar surface area (TPSA) is 64.4 Å². The Morgan fingerprint density at radius 2 is 2.04 bits per heavy atom. The maximum atomic E-state index is 12.9. The Labute approximate surface area is 138 Å². The molecule has 0 bridgehead atoms. The van der Waals surface area contributed by atoms with E-state index in [1.54, 1.807) is 42.6 Å². The van der Waals surface area contributed by atoms with Crippen LogP contribution in [-0.2, 0) is 11.4 Å². The average molecular weight is 326 g/mol. The Balaban J connectivity index is 1.65. The van der Waals surface area contributed by atoms with E-state index in [1.165, 1.54) is 19.1 Å². The molecule has 3 aromatic rings. The Bertz CT molecular complexity index is 843. The van der Waals surface area contributed by atoms with Gasteiger partial charge in [0, 0.05) is 24.2 Å². The third-order valence-corrected chi connectivity index (χ3v) is 3.20. The van der Waals surface area contributed by atoms with E-state index in [0.717, 1.165) is 5.56 Å².